The van der Waals surface area contributed by atoms with Crippen molar-refractivity contribution < 1.29 is 19.3 Å². The van der Waals surface area contributed by atoms with Crippen LogP contribution in [0.15, 0.2) is 53.2 Å². The average molecular weight is 286 g/mol. The number of nitrogens with zero attached hydrogens (tertiary/aromatic N) is 2. The first-order chi connectivity index (χ1) is 9.97. The Morgan fingerprint density at radius 3 is 2.48 bits per heavy atom. The van der Waals surface area contributed by atoms with Gasteiger partial charge in [0.25, 0.3) is 5.69 Å². The van der Waals surface area contributed by atoms with Crippen LogP contribution in [0.1, 0.15) is 17.3 Å². The molecular formula is C14H10N2O5. The number of carbonyl (C=O) groups excluding carboxylic acids is 2. The van der Waals surface area contributed by atoms with Crippen molar-refractivity contribution in [2.75, 3.05) is 0 Å². The van der Waals surface area contributed by atoms with E-state index >= 15 is 0 Å². The van der Waals surface area contributed by atoms with Crippen LogP contribution in [0.25, 0.3) is 0 Å². The van der Waals surface area contributed by atoms with Gasteiger partial charge in [0.1, 0.15) is 5.71 Å². The number of carbonyl (C=O) groups is 2. The summed E-state index contributed by atoms with van der Waals surface area (Å²) in [5.41, 5.74) is 0.969. The smallest absolute Gasteiger partial charge is 0.312 e. The molecule has 0 bridgehead atoms. The zero-order chi connectivity index (χ0) is 15.4. The van der Waals surface area contributed by atoms with Crippen molar-refractivity contribution in [3.8, 4) is 0 Å². The van der Waals surface area contributed by atoms with Gasteiger partial charge in [-0.15, -0.1) is 0 Å². The molecule has 21 heavy (non-hydrogen) atoms. The van der Waals surface area contributed by atoms with Gasteiger partial charge in [0, 0.05) is 12.1 Å². The first-order valence-electron chi connectivity index (χ1n) is 5.92. The summed E-state index contributed by atoms with van der Waals surface area (Å²) >= 11 is 0. The molecule has 7 heteroatoms. The number of nitro benzene ring substituents is 1. The van der Waals surface area contributed by atoms with E-state index in [9.17, 15) is 19.7 Å². The molecule has 0 aromatic heterocycles. The largest absolute Gasteiger partial charge is 0.365 e. The van der Waals surface area contributed by atoms with Gasteiger partial charge >= 0.3 is 5.97 Å². The van der Waals surface area contributed by atoms with E-state index in [-0.39, 0.29) is 17.0 Å². The lowest BCUT2D eigenvalue weighted by molar-refractivity contribution is -0.384. The summed E-state index contributed by atoms with van der Waals surface area (Å²) in [5.74, 6) is -0.899. The summed E-state index contributed by atoms with van der Waals surface area (Å²) in [6.45, 7) is 1.67. The third kappa shape index (κ3) is 3.47. The van der Waals surface area contributed by atoms with Gasteiger partial charge in [-0.1, -0.05) is 5.16 Å². The maximum absolute atomic E-state index is 11.7. The van der Waals surface area contributed by atoms with Gasteiger partial charge in [0.05, 0.1) is 10.5 Å². The van der Waals surface area contributed by atoms with Gasteiger partial charge in [-0.3, -0.25) is 14.9 Å². The molecule has 2 rings (SSSR count). The standard InChI is InChI=1S/C14H10N2O5/c1-9-8-12(17)6-7-13(9)15-21-14(18)10-2-4-11(5-3-10)16(19)20/h2-8H,1H3/b15-13-. The average Bonchev–Trinajstić information content (AvgIpc) is 2.46. The Kier molecular flexibility index (Phi) is 4.03. The molecule has 7 nitrogen and oxygen atoms in total. The molecule has 0 spiro atoms. The highest BCUT2D eigenvalue weighted by Crippen LogP contribution is 2.13. The molecule has 0 unspecified atom stereocenters. The van der Waals surface area contributed by atoms with Crippen LogP contribution in [0.2, 0.25) is 0 Å². The molecule has 106 valence electrons. The normalized spacial score (nSPS) is 15.8. The Hall–Kier alpha value is -3.09. The third-order valence-corrected chi connectivity index (χ3v) is 2.71. The second-order valence-corrected chi connectivity index (χ2v) is 4.22. The minimum absolute atomic E-state index is 0.120. The minimum atomic E-state index is -0.740. The Bertz CT molecular complexity index is 699. The van der Waals surface area contributed by atoms with E-state index in [1.54, 1.807) is 6.92 Å². The Balaban J connectivity index is 2.08. The number of benzene rings is 1. The monoisotopic (exact) mass is 286 g/mol. The second kappa shape index (κ2) is 5.91. The molecule has 0 atom stereocenters. The molecule has 1 aliphatic rings. The van der Waals surface area contributed by atoms with Crippen LogP contribution in [0.5, 0.6) is 0 Å². The van der Waals surface area contributed by atoms with E-state index in [1.807, 2.05) is 0 Å². The van der Waals surface area contributed by atoms with Gasteiger partial charge in [-0.25, -0.2) is 4.79 Å². The summed E-state index contributed by atoms with van der Waals surface area (Å²) in [6.07, 6.45) is 4.13. The summed E-state index contributed by atoms with van der Waals surface area (Å²) < 4.78 is 0. The summed E-state index contributed by atoms with van der Waals surface area (Å²) in [5, 5.41) is 14.2. The maximum Gasteiger partial charge on any atom is 0.365 e. The molecule has 1 aromatic rings. The van der Waals surface area contributed by atoms with Crippen LogP contribution in [0, 0.1) is 10.1 Å². The van der Waals surface area contributed by atoms with Crippen molar-refractivity contribution in [1.29, 1.82) is 0 Å². The van der Waals surface area contributed by atoms with Crippen molar-refractivity contribution in [2.45, 2.75) is 6.92 Å². The predicted molar refractivity (Wildman–Crippen MR) is 73.9 cm³/mol. The van der Waals surface area contributed by atoms with Crippen LogP contribution < -0.4 is 0 Å². The number of hydrogen-bond donors (Lipinski definition) is 0. The number of rotatable bonds is 3. The van der Waals surface area contributed by atoms with Crippen LogP contribution in [0.4, 0.5) is 5.69 Å². The van der Waals surface area contributed by atoms with Crippen LogP contribution in [-0.4, -0.2) is 22.4 Å². The van der Waals surface area contributed by atoms with E-state index in [0.29, 0.717) is 11.3 Å². The Morgan fingerprint density at radius 2 is 1.90 bits per heavy atom. The topological polar surface area (TPSA) is 98.9 Å². The van der Waals surface area contributed by atoms with Crippen molar-refractivity contribution in [3.05, 3.63) is 63.7 Å². The van der Waals surface area contributed by atoms with Crippen molar-refractivity contribution in [3.63, 3.8) is 0 Å². The number of non-ortho nitro benzene ring substituents is 1. The summed E-state index contributed by atoms with van der Waals surface area (Å²) in [4.78, 5) is 37.5. The van der Waals surface area contributed by atoms with E-state index in [2.05, 4.69) is 5.16 Å². The van der Waals surface area contributed by atoms with E-state index < -0.39 is 10.9 Å². The molecule has 0 aliphatic heterocycles. The van der Waals surface area contributed by atoms with Crippen molar-refractivity contribution in [2.24, 2.45) is 5.16 Å². The number of hydrogen-bond acceptors (Lipinski definition) is 6. The van der Waals surface area contributed by atoms with Crippen LogP contribution in [0.3, 0.4) is 0 Å². The molecule has 0 saturated heterocycles. The molecule has 1 aromatic carbocycles. The molecule has 1 aliphatic carbocycles. The number of nitro groups is 1. The molecule has 0 saturated carbocycles. The molecule has 0 heterocycles. The Labute approximate surface area is 119 Å². The minimum Gasteiger partial charge on any atom is -0.312 e. The SMILES string of the molecule is CC1=CC(=O)C=C/C1=N/OC(=O)c1ccc([N+](=O)[O-])cc1. The van der Waals surface area contributed by atoms with E-state index in [0.717, 1.165) is 0 Å². The van der Waals surface area contributed by atoms with Gasteiger partial charge in [-0.05, 0) is 42.9 Å². The fraction of sp³-hybridized carbons (Fsp3) is 0.0714. The van der Waals surface area contributed by atoms with E-state index in [1.165, 1.54) is 42.5 Å². The van der Waals surface area contributed by atoms with Gasteiger partial charge in [0.2, 0.25) is 0 Å². The Morgan fingerprint density at radius 1 is 1.24 bits per heavy atom. The maximum atomic E-state index is 11.7. The zero-order valence-corrected chi connectivity index (χ0v) is 11.0. The quantitative estimate of drug-likeness (QED) is 0.367. The lowest BCUT2D eigenvalue weighted by atomic mass is 10.1. The van der Waals surface area contributed by atoms with Crippen molar-refractivity contribution >= 4 is 23.2 Å². The lowest BCUT2D eigenvalue weighted by Gasteiger charge is -2.05. The molecule has 0 radical (unpaired) electrons. The second-order valence-electron chi connectivity index (χ2n) is 4.22. The highest BCUT2D eigenvalue weighted by Gasteiger charge is 2.12. The third-order valence-electron chi connectivity index (χ3n) is 2.71. The van der Waals surface area contributed by atoms with E-state index in [4.69, 9.17) is 4.84 Å². The van der Waals surface area contributed by atoms with Crippen LogP contribution in [-0.2, 0) is 9.63 Å². The molecular weight excluding hydrogens is 276 g/mol. The number of ketones is 1. The number of oxime groups is 1. The van der Waals surface area contributed by atoms with Crippen molar-refractivity contribution in [1.82, 2.24) is 0 Å². The highest BCUT2D eigenvalue weighted by molar-refractivity contribution is 6.19. The molecule has 0 fully saturated rings. The van der Waals surface area contributed by atoms with Crippen LogP contribution >= 0.6 is 0 Å². The number of allylic oxidation sites excluding steroid dienone is 4. The van der Waals surface area contributed by atoms with Gasteiger partial charge in [-0.2, -0.15) is 0 Å². The predicted octanol–water partition coefficient (Wildman–Crippen LogP) is 2.19. The fourth-order valence-electron chi connectivity index (χ4n) is 1.59. The fourth-order valence-corrected chi connectivity index (χ4v) is 1.59. The van der Waals surface area contributed by atoms with Gasteiger partial charge < -0.3 is 4.84 Å². The summed E-state index contributed by atoms with van der Waals surface area (Å²) in [6, 6.07) is 4.97. The summed E-state index contributed by atoms with van der Waals surface area (Å²) in [7, 11) is 0. The first-order valence-corrected chi connectivity index (χ1v) is 5.92. The molecule has 0 N–H and O–H groups in total. The lowest BCUT2D eigenvalue weighted by Crippen LogP contribution is -2.08. The first kappa shape index (κ1) is 14.3. The molecule has 0 amide bonds. The highest BCUT2D eigenvalue weighted by atomic mass is 16.7. The zero-order valence-electron chi connectivity index (χ0n) is 11.0. The van der Waals surface area contributed by atoms with Gasteiger partial charge in [0.15, 0.2) is 5.78 Å².